The molecule has 0 heterocycles. The van der Waals surface area contributed by atoms with E-state index in [1.165, 1.54) is 5.56 Å². The molecule has 0 aliphatic carbocycles. The van der Waals surface area contributed by atoms with E-state index in [1.54, 1.807) is 0 Å². The summed E-state index contributed by atoms with van der Waals surface area (Å²) >= 11 is 0. The molecule has 0 fully saturated rings. The molecule has 0 atom stereocenters. The minimum atomic E-state index is -0.0539. The van der Waals surface area contributed by atoms with Gasteiger partial charge in [0, 0.05) is 11.1 Å². The van der Waals surface area contributed by atoms with Gasteiger partial charge >= 0.3 is 0 Å². The molecule has 0 aliphatic rings. The Morgan fingerprint density at radius 3 is 1.89 bits per heavy atom. The molecule has 1 heteroatoms. The number of benzene rings is 1. The van der Waals surface area contributed by atoms with Gasteiger partial charge in [-0.15, -0.1) is 0 Å². The van der Waals surface area contributed by atoms with Crippen LogP contribution in [0, 0.1) is 0 Å². The van der Waals surface area contributed by atoms with Crippen LogP contribution in [0.5, 0.6) is 5.75 Å². The zero-order valence-corrected chi connectivity index (χ0v) is 12.8. The molecular formula is C17H26O. The molecule has 0 spiro atoms. The zero-order chi connectivity index (χ0) is 14.1. The first-order valence-electron chi connectivity index (χ1n) is 6.58. The maximum Gasteiger partial charge on any atom is 0.126 e. The van der Waals surface area contributed by atoms with E-state index in [9.17, 15) is 5.11 Å². The van der Waals surface area contributed by atoms with Gasteiger partial charge in [0.2, 0.25) is 0 Å². The van der Waals surface area contributed by atoms with Gasteiger partial charge in [0.25, 0.3) is 0 Å². The molecular weight excluding hydrogens is 220 g/mol. The van der Waals surface area contributed by atoms with Crippen molar-refractivity contribution in [1.82, 2.24) is 0 Å². The Hall–Kier alpha value is -1.24. The maximum atomic E-state index is 10.4. The van der Waals surface area contributed by atoms with Crippen molar-refractivity contribution in [3.8, 4) is 5.75 Å². The maximum absolute atomic E-state index is 10.4. The Kier molecular flexibility index (Phi) is 3.95. The Bertz CT molecular complexity index is 454. The smallest absolute Gasteiger partial charge is 0.126 e. The lowest BCUT2D eigenvalue weighted by Gasteiger charge is -2.27. The molecule has 0 radical (unpaired) electrons. The summed E-state index contributed by atoms with van der Waals surface area (Å²) < 4.78 is 0. The standard InChI is InChI=1S/C17H26O/c1-8-9-12-10-13(16(2,3)4)11-14(15(12)18)17(5,6)7/h8-11,18H,1-7H3. The van der Waals surface area contributed by atoms with Gasteiger partial charge in [0.05, 0.1) is 0 Å². The van der Waals surface area contributed by atoms with Crippen LogP contribution in [0.15, 0.2) is 18.2 Å². The number of aromatic hydroxyl groups is 1. The van der Waals surface area contributed by atoms with E-state index in [-0.39, 0.29) is 10.8 Å². The Morgan fingerprint density at radius 1 is 0.944 bits per heavy atom. The van der Waals surface area contributed by atoms with Crippen LogP contribution in [0.3, 0.4) is 0 Å². The zero-order valence-electron chi connectivity index (χ0n) is 12.8. The molecule has 0 saturated heterocycles. The van der Waals surface area contributed by atoms with E-state index in [0.717, 1.165) is 11.1 Å². The highest BCUT2D eigenvalue weighted by Crippen LogP contribution is 2.38. The summed E-state index contributed by atoms with van der Waals surface area (Å²) in [7, 11) is 0. The first-order chi connectivity index (χ1) is 8.07. The first kappa shape index (κ1) is 14.8. The second kappa shape index (κ2) is 4.79. The number of phenols is 1. The molecule has 100 valence electrons. The van der Waals surface area contributed by atoms with E-state index in [4.69, 9.17) is 0 Å². The molecule has 18 heavy (non-hydrogen) atoms. The number of hydrogen-bond acceptors (Lipinski definition) is 1. The van der Waals surface area contributed by atoms with Crippen LogP contribution in [-0.2, 0) is 10.8 Å². The van der Waals surface area contributed by atoms with Crippen molar-refractivity contribution >= 4 is 6.08 Å². The number of rotatable bonds is 1. The minimum Gasteiger partial charge on any atom is -0.507 e. The van der Waals surface area contributed by atoms with Crippen molar-refractivity contribution in [1.29, 1.82) is 0 Å². The molecule has 0 unspecified atom stereocenters. The van der Waals surface area contributed by atoms with Crippen molar-refractivity contribution in [2.45, 2.75) is 59.3 Å². The molecule has 1 aromatic rings. The average molecular weight is 246 g/mol. The van der Waals surface area contributed by atoms with Crippen LogP contribution in [0.1, 0.15) is 65.2 Å². The van der Waals surface area contributed by atoms with Gasteiger partial charge in [0.1, 0.15) is 5.75 Å². The predicted octanol–water partition coefficient (Wildman–Crippen LogP) is 5.02. The van der Waals surface area contributed by atoms with Crippen LogP contribution in [0.4, 0.5) is 0 Å². The summed E-state index contributed by atoms with van der Waals surface area (Å²) in [5.41, 5.74) is 3.22. The van der Waals surface area contributed by atoms with E-state index >= 15 is 0 Å². The third-order valence-electron chi connectivity index (χ3n) is 3.16. The summed E-state index contributed by atoms with van der Waals surface area (Å²) in [4.78, 5) is 0. The Balaban J connectivity index is 3.57. The van der Waals surface area contributed by atoms with Crippen molar-refractivity contribution in [3.05, 3.63) is 34.9 Å². The molecule has 0 bridgehead atoms. The molecule has 0 aliphatic heterocycles. The molecule has 1 N–H and O–H groups in total. The fourth-order valence-corrected chi connectivity index (χ4v) is 1.97. The molecule has 1 aromatic carbocycles. The van der Waals surface area contributed by atoms with E-state index in [2.05, 4.69) is 53.7 Å². The van der Waals surface area contributed by atoms with Crippen LogP contribution >= 0.6 is 0 Å². The summed E-state index contributed by atoms with van der Waals surface area (Å²) in [5, 5.41) is 10.4. The topological polar surface area (TPSA) is 20.2 Å². The van der Waals surface area contributed by atoms with E-state index in [1.807, 2.05) is 19.1 Å². The van der Waals surface area contributed by atoms with E-state index in [0.29, 0.717) is 5.75 Å². The van der Waals surface area contributed by atoms with Crippen molar-refractivity contribution in [3.63, 3.8) is 0 Å². The lowest BCUT2D eigenvalue weighted by molar-refractivity contribution is 0.443. The van der Waals surface area contributed by atoms with Gasteiger partial charge in [-0.1, -0.05) is 59.8 Å². The third kappa shape index (κ3) is 3.16. The predicted molar refractivity (Wildman–Crippen MR) is 80.2 cm³/mol. The second-order valence-corrected chi connectivity index (χ2v) is 6.96. The van der Waals surface area contributed by atoms with Gasteiger partial charge in [-0.05, 0) is 29.4 Å². The van der Waals surface area contributed by atoms with Gasteiger partial charge in [-0.3, -0.25) is 0 Å². The molecule has 0 aromatic heterocycles. The minimum absolute atomic E-state index is 0.0539. The molecule has 1 rings (SSSR count). The lowest BCUT2D eigenvalue weighted by Crippen LogP contribution is -2.17. The summed E-state index contributed by atoms with van der Waals surface area (Å²) in [5.74, 6) is 0.411. The van der Waals surface area contributed by atoms with Crippen molar-refractivity contribution < 1.29 is 5.11 Å². The third-order valence-corrected chi connectivity index (χ3v) is 3.16. The largest absolute Gasteiger partial charge is 0.507 e. The summed E-state index contributed by atoms with van der Waals surface area (Å²) in [6.45, 7) is 15.0. The summed E-state index contributed by atoms with van der Waals surface area (Å²) in [6, 6.07) is 4.23. The van der Waals surface area contributed by atoms with Crippen LogP contribution in [0.25, 0.3) is 6.08 Å². The van der Waals surface area contributed by atoms with Crippen LogP contribution in [0.2, 0.25) is 0 Å². The van der Waals surface area contributed by atoms with Gasteiger partial charge in [-0.2, -0.15) is 0 Å². The van der Waals surface area contributed by atoms with Crippen LogP contribution < -0.4 is 0 Å². The SMILES string of the molecule is CC=Cc1cc(C(C)(C)C)cc(C(C)(C)C)c1O. The highest BCUT2D eigenvalue weighted by atomic mass is 16.3. The Morgan fingerprint density at radius 2 is 1.50 bits per heavy atom. The normalized spacial score (nSPS) is 13.3. The van der Waals surface area contributed by atoms with Crippen LogP contribution in [-0.4, -0.2) is 5.11 Å². The second-order valence-electron chi connectivity index (χ2n) is 6.96. The van der Waals surface area contributed by atoms with Gasteiger partial charge in [-0.25, -0.2) is 0 Å². The van der Waals surface area contributed by atoms with Crippen molar-refractivity contribution in [2.24, 2.45) is 0 Å². The number of hydrogen-bond donors (Lipinski definition) is 1. The summed E-state index contributed by atoms with van der Waals surface area (Å²) in [6.07, 6.45) is 3.94. The highest BCUT2D eigenvalue weighted by molar-refractivity contribution is 5.62. The van der Waals surface area contributed by atoms with Crippen molar-refractivity contribution in [2.75, 3.05) is 0 Å². The van der Waals surface area contributed by atoms with Gasteiger partial charge in [0.15, 0.2) is 0 Å². The number of allylic oxidation sites excluding steroid dienone is 1. The van der Waals surface area contributed by atoms with Gasteiger partial charge < -0.3 is 5.11 Å². The number of phenolic OH excluding ortho intramolecular Hbond substituents is 1. The quantitative estimate of drug-likeness (QED) is 0.737. The molecule has 0 amide bonds. The molecule has 0 saturated carbocycles. The fourth-order valence-electron chi connectivity index (χ4n) is 1.97. The molecule has 1 nitrogen and oxygen atoms in total. The highest BCUT2D eigenvalue weighted by Gasteiger charge is 2.24. The first-order valence-corrected chi connectivity index (χ1v) is 6.58. The monoisotopic (exact) mass is 246 g/mol. The lowest BCUT2D eigenvalue weighted by atomic mass is 9.79. The Labute approximate surface area is 112 Å². The average Bonchev–Trinajstić information content (AvgIpc) is 2.17. The van der Waals surface area contributed by atoms with E-state index < -0.39 is 0 Å². The fraction of sp³-hybridized carbons (Fsp3) is 0.529.